The standard InChI is InChI=1S/C40H50N4O6/c1-26-19-31(7-10-34(26)48-2)40-15-12-39(13-16-40,14-17-40)25-44(35-20-30(11-18-41-35)33-24-49-36(42-33)28-3-4-28)37(46)29-5-8-32(9-6-29)50-38(47)43-21-27(22-43)23-45/h7,10-11,18-20,24,27-29,32,45H,3-6,8-9,12-17,21-23,25H2,1-2H3/t29-,32-,39?,40?. The van der Waals surface area contributed by atoms with Crippen LogP contribution in [-0.2, 0) is 14.9 Å². The summed E-state index contributed by atoms with van der Waals surface area (Å²) in [6, 6.07) is 10.7. The van der Waals surface area contributed by atoms with Crippen LogP contribution >= 0.6 is 0 Å². The number of oxazole rings is 1. The van der Waals surface area contributed by atoms with Crippen LogP contribution in [0, 0.1) is 24.2 Å². The highest BCUT2D eigenvalue weighted by Crippen LogP contribution is 2.58. The van der Waals surface area contributed by atoms with E-state index in [0.717, 1.165) is 74.3 Å². The number of fused-ring (bicyclic) bond motifs is 3. The molecule has 1 aromatic carbocycles. The van der Waals surface area contributed by atoms with Gasteiger partial charge in [-0.15, -0.1) is 0 Å². The molecule has 5 saturated carbocycles. The molecule has 0 atom stereocenters. The molecule has 0 spiro atoms. The number of rotatable bonds is 10. The summed E-state index contributed by atoms with van der Waals surface area (Å²) in [6.07, 6.45) is 14.5. The number of benzene rings is 1. The Hall–Kier alpha value is -3.92. The lowest BCUT2D eigenvalue weighted by atomic mass is 9.51. The molecule has 9 rings (SSSR count). The minimum absolute atomic E-state index is 0.0417. The minimum atomic E-state index is -0.306. The van der Waals surface area contributed by atoms with Gasteiger partial charge < -0.3 is 23.9 Å². The molecule has 266 valence electrons. The summed E-state index contributed by atoms with van der Waals surface area (Å²) < 4.78 is 17.2. The number of carbonyl (C=O) groups is 2. The molecule has 1 saturated heterocycles. The molecule has 3 heterocycles. The zero-order valence-corrected chi connectivity index (χ0v) is 29.4. The van der Waals surface area contributed by atoms with Gasteiger partial charge in [0, 0.05) is 55.8 Å². The number of anilines is 1. The smallest absolute Gasteiger partial charge is 0.410 e. The first kappa shape index (κ1) is 33.2. The predicted molar refractivity (Wildman–Crippen MR) is 188 cm³/mol. The fraction of sp³-hybridized carbons (Fsp3) is 0.600. The largest absolute Gasteiger partial charge is 0.496 e. The molecule has 2 amide bonds. The van der Waals surface area contributed by atoms with Crippen molar-refractivity contribution in [2.75, 3.05) is 38.3 Å². The second-order valence-corrected chi connectivity index (χ2v) is 15.9. The average molecular weight is 683 g/mol. The molecule has 1 N–H and O–H groups in total. The molecule has 10 heteroatoms. The van der Waals surface area contributed by atoms with Crippen LogP contribution in [0.2, 0.25) is 0 Å². The highest BCUT2D eigenvalue weighted by Gasteiger charge is 2.51. The van der Waals surface area contributed by atoms with E-state index < -0.39 is 0 Å². The Labute approximate surface area is 294 Å². The van der Waals surface area contributed by atoms with Gasteiger partial charge in [0.25, 0.3) is 0 Å². The van der Waals surface area contributed by atoms with Gasteiger partial charge in [0.1, 0.15) is 29.6 Å². The van der Waals surface area contributed by atoms with E-state index in [1.807, 2.05) is 17.0 Å². The Morgan fingerprint density at radius 2 is 1.74 bits per heavy atom. The zero-order chi connectivity index (χ0) is 34.5. The van der Waals surface area contributed by atoms with Crippen molar-refractivity contribution < 1.29 is 28.6 Å². The van der Waals surface area contributed by atoms with Crippen molar-refractivity contribution in [2.45, 2.75) is 101 Å². The van der Waals surface area contributed by atoms with E-state index >= 15 is 0 Å². The number of pyridine rings is 1. The Balaban J connectivity index is 0.994. The van der Waals surface area contributed by atoms with Gasteiger partial charge in [-0.1, -0.05) is 12.1 Å². The fourth-order valence-electron chi connectivity index (χ4n) is 9.11. The van der Waals surface area contributed by atoms with Gasteiger partial charge in [0.15, 0.2) is 5.89 Å². The first-order chi connectivity index (χ1) is 24.3. The summed E-state index contributed by atoms with van der Waals surface area (Å²) in [5.74, 6) is 2.94. The predicted octanol–water partition coefficient (Wildman–Crippen LogP) is 7.18. The molecule has 3 aromatic rings. The molecule has 6 fully saturated rings. The van der Waals surface area contributed by atoms with Crippen molar-refractivity contribution >= 4 is 17.8 Å². The van der Waals surface area contributed by atoms with Crippen LogP contribution in [0.4, 0.5) is 10.6 Å². The van der Waals surface area contributed by atoms with E-state index in [2.05, 4.69) is 25.1 Å². The van der Waals surface area contributed by atoms with Gasteiger partial charge in [-0.05, 0) is 124 Å². The number of nitrogens with zero attached hydrogens (tertiary/aromatic N) is 4. The van der Waals surface area contributed by atoms with Gasteiger partial charge in [-0.2, -0.15) is 0 Å². The third kappa shape index (κ3) is 6.40. The Kier molecular flexibility index (Phi) is 8.86. The maximum atomic E-state index is 14.6. The number of aromatic nitrogens is 2. The van der Waals surface area contributed by atoms with Gasteiger partial charge in [0.2, 0.25) is 5.91 Å². The molecular formula is C40H50N4O6. The first-order valence-electron chi connectivity index (χ1n) is 18.7. The van der Waals surface area contributed by atoms with Crippen LogP contribution in [0.3, 0.4) is 0 Å². The van der Waals surface area contributed by atoms with E-state index in [1.54, 1.807) is 24.5 Å². The number of likely N-dealkylation sites (tertiary alicyclic amines) is 1. The Morgan fingerprint density at radius 1 is 1.00 bits per heavy atom. The molecule has 1 aliphatic heterocycles. The van der Waals surface area contributed by atoms with E-state index in [0.29, 0.717) is 57.1 Å². The van der Waals surface area contributed by atoms with E-state index in [1.165, 1.54) is 11.1 Å². The second kappa shape index (κ2) is 13.3. The zero-order valence-electron chi connectivity index (χ0n) is 29.4. The molecule has 0 radical (unpaired) electrons. The molecule has 0 unspecified atom stereocenters. The molecule has 2 bridgehead atoms. The number of amides is 2. The number of ether oxygens (including phenoxy) is 2. The summed E-state index contributed by atoms with van der Waals surface area (Å²) >= 11 is 0. The van der Waals surface area contributed by atoms with Crippen LogP contribution in [-0.4, -0.2) is 71.4 Å². The number of carbonyl (C=O) groups excluding carboxylic acids is 2. The van der Waals surface area contributed by atoms with Gasteiger partial charge in [0.05, 0.1) is 7.11 Å². The second-order valence-electron chi connectivity index (χ2n) is 15.9. The number of aryl methyl sites for hydroxylation is 1. The van der Waals surface area contributed by atoms with Gasteiger partial charge >= 0.3 is 6.09 Å². The highest BCUT2D eigenvalue weighted by molar-refractivity contribution is 5.95. The van der Waals surface area contributed by atoms with E-state index in [-0.39, 0.29) is 47.4 Å². The molecular weight excluding hydrogens is 632 g/mol. The van der Waals surface area contributed by atoms with Gasteiger partial charge in [-0.25, -0.2) is 14.8 Å². The van der Waals surface area contributed by atoms with Crippen molar-refractivity contribution in [2.24, 2.45) is 17.3 Å². The number of methoxy groups -OCH3 is 1. The molecule has 2 aromatic heterocycles. The lowest BCUT2D eigenvalue weighted by molar-refractivity contribution is -0.124. The van der Waals surface area contributed by atoms with E-state index in [4.69, 9.17) is 23.9 Å². The van der Waals surface area contributed by atoms with Crippen molar-refractivity contribution in [3.05, 3.63) is 59.8 Å². The van der Waals surface area contributed by atoms with Crippen LogP contribution in [0.5, 0.6) is 5.75 Å². The maximum Gasteiger partial charge on any atom is 0.410 e. The van der Waals surface area contributed by atoms with Crippen molar-refractivity contribution in [1.82, 2.24) is 14.9 Å². The normalized spacial score (nSPS) is 27.9. The lowest BCUT2D eigenvalue weighted by Gasteiger charge is -2.55. The monoisotopic (exact) mass is 682 g/mol. The lowest BCUT2D eigenvalue weighted by Crippen LogP contribution is -2.52. The summed E-state index contributed by atoms with van der Waals surface area (Å²) in [5.41, 5.74) is 4.52. The summed E-state index contributed by atoms with van der Waals surface area (Å²) in [4.78, 5) is 40.5. The average Bonchev–Trinajstić information content (AvgIpc) is 3.86. The number of aliphatic hydroxyl groups excluding tert-OH is 1. The minimum Gasteiger partial charge on any atom is -0.496 e. The quantitative estimate of drug-likeness (QED) is 0.239. The molecule has 50 heavy (non-hydrogen) atoms. The number of hydrogen-bond donors (Lipinski definition) is 1. The SMILES string of the molecule is COc1ccc(C23CCC(CN(c4cc(-c5coc(C6CC6)n5)ccn4)C(=O)[C@H]4CC[C@H](OC(=O)N5CC(CO)C5)CC4)(CC2)CC3)cc1C. The van der Waals surface area contributed by atoms with Crippen molar-refractivity contribution in [3.63, 3.8) is 0 Å². The van der Waals surface area contributed by atoms with Crippen molar-refractivity contribution in [3.8, 4) is 17.0 Å². The van der Waals surface area contributed by atoms with Gasteiger partial charge in [-0.3, -0.25) is 9.69 Å². The molecule has 6 aliphatic rings. The summed E-state index contributed by atoms with van der Waals surface area (Å²) in [5, 5.41) is 9.30. The third-order valence-electron chi connectivity index (χ3n) is 12.7. The van der Waals surface area contributed by atoms with E-state index in [9.17, 15) is 14.7 Å². The Morgan fingerprint density at radius 3 is 2.40 bits per heavy atom. The van der Waals surface area contributed by atoms with Crippen LogP contribution < -0.4 is 9.64 Å². The number of hydrogen-bond acceptors (Lipinski definition) is 8. The fourth-order valence-corrected chi connectivity index (χ4v) is 9.11. The maximum absolute atomic E-state index is 14.6. The highest BCUT2D eigenvalue weighted by atomic mass is 16.6. The summed E-state index contributed by atoms with van der Waals surface area (Å²) in [6.45, 7) is 3.96. The van der Waals surface area contributed by atoms with Crippen molar-refractivity contribution in [1.29, 1.82) is 0 Å². The summed E-state index contributed by atoms with van der Waals surface area (Å²) in [7, 11) is 1.73. The van der Waals surface area contributed by atoms with Crippen LogP contribution in [0.1, 0.15) is 100.0 Å². The first-order valence-corrected chi connectivity index (χ1v) is 18.7. The number of aliphatic hydroxyl groups is 1. The third-order valence-corrected chi connectivity index (χ3v) is 12.7. The van der Waals surface area contributed by atoms with Crippen LogP contribution in [0.25, 0.3) is 11.3 Å². The topological polar surface area (TPSA) is 118 Å². The Bertz CT molecular complexity index is 1700. The van der Waals surface area contributed by atoms with Crippen LogP contribution in [0.15, 0.2) is 47.2 Å². The molecule has 5 aliphatic carbocycles. The molecule has 10 nitrogen and oxygen atoms in total.